The van der Waals surface area contributed by atoms with Gasteiger partial charge in [-0.25, -0.2) is 0 Å². The molecule has 7 unspecified atom stereocenters. The molecule has 1 aliphatic rings. The minimum Gasteiger partial charge on any atom is -0.394 e. The third-order valence-corrected chi connectivity index (χ3v) is 15.3. The maximum absolute atomic E-state index is 13.1. The molecule has 7 atom stereocenters. The first-order valence-electron chi connectivity index (χ1n) is 31.6. The lowest BCUT2D eigenvalue weighted by atomic mass is 9.99. The molecule has 1 fully saturated rings. The molecule has 426 valence electrons. The fourth-order valence-corrected chi connectivity index (χ4v) is 10.3. The molecule has 1 rings (SSSR count). The average molecular weight is 1020 g/mol. The van der Waals surface area contributed by atoms with Gasteiger partial charge in [0.15, 0.2) is 6.29 Å². The van der Waals surface area contributed by atoms with Crippen LogP contribution in [0.15, 0.2) is 24.3 Å². The number of hydrogen-bond acceptors (Lipinski definition) is 8. The molecule has 0 radical (unpaired) electrons. The van der Waals surface area contributed by atoms with Crippen molar-refractivity contribution in [3.8, 4) is 0 Å². The van der Waals surface area contributed by atoms with Crippen LogP contribution < -0.4 is 5.32 Å². The zero-order valence-electron chi connectivity index (χ0n) is 47.5. The summed E-state index contributed by atoms with van der Waals surface area (Å²) < 4.78 is 11.3. The van der Waals surface area contributed by atoms with Crippen LogP contribution in [-0.2, 0) is 14.3 Å². The molecule has 0 aromatic carbocycles. The zero-order valence-corrected chi connectivity index (χ0v) is 47.5. The highest BCUT2D eigenvalue weighted by Crippen LogP contribution is 2.23. The SMILES string of the molecule is CCCCCCCCCCCCCC/C=C\CCCCCCCCCCCCCC(=O)NC(COC1OC(CO)C(O)C(O)C1O)C(O)/C=C/CCCCCCCCCCCCCCCCCCCCCC. The van der Waals surface area contributed by atoms with Gasteiger partial charge in [-0.1, -0.05) is 289 Å². The van der Waals surface area contributed by atoms with Crippen molar-refractivity contribution in [3.05, 3.63) is 24.3 Å². The Hall–Kier alpha value is -1.33. The fraction of sp³-hybridized carbons (Fsp3) is 0.921. The Bertz CT molecular complexity index is 1180. The Morgan fingerprint density at radius 3 is 1.12 bits per heavy atom. The number of allylic oxidation sites excluding steroid dienone is 3. The normalized spacial score (nSPS) is 19.2. The predicted molar refractivity (Wildman–Crippen MR) is 304 cm³/mol. The van der Waals surface area contributed by atoms with Crippen molar-refractivity contribution in [1.29, 1.82) is 0 Å². The fourth-order valence-electron chi connectivity index (χ4n) is 10.3. The molecule has 0 bridgehead atoms. The molecule has 0 aliphatic carbocycles. The van der Waals surface area contributed by atoms with Gasteiger partial charge in [0.05, 0.1) is 25.4 Å². The van der Waals surface area contributed by atoms with Crippen LogP contribution in [0.5, 0.6) is 0 Å². The van der Waals surface area contributed by atoms with Crippen LogP contribution in [0.3, 0.4) is 0 Å². The highest BCUT2D eigenvalue weighted by atomic mass is 16.7. The van der Waals surface area contributed by atoms with Crippen molar-refractivity contribution >= 4 is 5.91 Å². The molecule has 72 heavy (non-hydrogen) atoms. The first-order chi connectivity index (χ1) is 35.3. The van der Waals surface area contributed by atoms with E-state index in [1.165, 1.54) is 257 Å². The van der Waals surface area contributed by atoms with Gasteiger partial charge in [-0.05, 0) is 44.9 Å². The number of ether oxygens (including phenoxy) is 2. The highest BCUT2D eigenvalue weighted by Gasteiger charge is 2.44. The molecular weight excluding hydrogens is 899 g/mol. The lowest BCUT2D eigenvalue weighted by molar-refractivity contribution is -0.302. The molecule has 9 heteroatoms. The summed E-state index contributed by atoms with van der Waals surface area (Å²) in [5.41, 5.74) is 0. The number of aliphatic hydroxyl groups is 5. The van der Waals surface area contributed by atoms with Crippen molar-refractivity contribution in [2.24, 2.45) is 0 Å². The standard InChI is InChI=1S/C63H121NO8/c1-3-5-7-9-11-13-15-17-19-21-23-25-27-28-29-30-31-33-35-37-39-41-43-45-47-49-51-53-59(67)64-56(55-71-63-62(70)61(69)60(68)58(54-65)72-63)57(66)52-50-48-46-44-42-40-38-36-34-32-26-24-22-20-18-16-14-12-10-8-6-4-2/h28-29,50,52,56-58,60-63,65-66,68-70H,3-27,30-49,51,53-55H2,1-2H3,(H,64,67)/b29-28-,52-50+. The van der Waals surface area contributed by atoms with Crippen LogP contribution in [0.2, 0.25) is 0 Å². The number of nitrogens with one attached hydrogen (secondary N) is 1. The molecule has 6 N–H and O–H groups in total. The Kier molecular flexibility index (Phi) is 50.6. The van der Waals surface area contributed by atoms with Gasteiger partial charge >= 0.3 is 0 Å². The van der Waals surface area contributed by atoms with Crippen molar-refractivity contribution in [2.45, 2.75) is 358 Å². The maximum Gasteiger partial charge on any atom is 0.220 e. The minimum absolute atomic E-state index is 0.172. The summed E-state index contributed by atoms with van der Waals surface area (Å²) >= 11 is 0. The number of rotatable bonds is 55. The molecule has 0 spiro atoms. The van der Waals surface area contributed by atoms with Crippen LogP contribution in [0.1, 0.15) is 316 Å². The van der Waals surface area contributed by atoms with E-state index >= 15 is 0 Å². The molecule has 0 saturated carbocycles. The van der Waals surface area contributed by atoms with E-state index in [0.717, 1.165) is 38.5 Å². The lowest BCUT2D eigenvalue weighted by Crippen LogP contribution is -2.60. The summed E-state index contributed by atoms with van der Waals surface area (Å²) in [5.74, 6) is -0.172. The Balaban J connectivity index is 2.18. The summed E-state index contributed by atoms with van der Waals surface area (Å²) in [6.07, 6.45) is 61.1. The zero-order chi connectivity index (χ0) is 52.2. The van der Waals surface area contributed by atoms with Crippen molar-refractivity contribution in [2.75, 3.05) is 13.2 Å². The van der Waals surface area contributed by atoms with E-state index in [1.54, 1.807) is 6.08 Å². The third-order valence-electron chi connectivity index (χ3n) is 15.3. The van der Waals surface area contributed by atoms with Crippen LogP contribution in [0.25, 0.3) is 0 Å². The van der Waals surface area contributed by atoms with E-state index in [9.17, 15) is 30.3 Å². The quantitative estimate of drug-likeness (QED) is 0.0261. The molecule has 1 saturated heterocycles. The van der Waals surface area contributed by atoms with Gasteiger partial charge in [0.2, 0.25) is 5.91 Å². The monoisotopic (exact) mass is 1020 g/mol. The van der Waals surface area contributed by atoms with E-state index < -0.39 is 49.5 Å². The predicted octanol–water partition coefficient (Wildman–Crippen LogP) is 16.1. The van der Waals surface area contributed by atoms with Gasteiger partial charge in [-0.15, -0.1) is 0 Å². The smallest absolute Gasteiger partial charge is 0.220 e. The number of carbonyl (C=O) groups is 1. The summed E-state index contributed by atoms with van der Waals surface area (Å²) in [6.45, 7) is 3.83. The van der Waals surface area contributed by atoms with E-state index in [4.69, 9.17) is 9.47 Å². The lowest BCUT2D eigenvalue weighted by Gasteiger charge is -2.40. The number of aliphatic hydroxyl groups excluding tert-OH is 5. The summed E-state index contributed by atoms with van der Waals surface area (Å²) in [7, 11) is 0. The summed E-state index contributed by atoms with van der Waals surface area (Å²) in [5, 5.41) is 54.6. The van der Waals surface area contributed by atoms with E-state index in [2.05, 4.69) is 31.3 Å². The first-order valence-corrected chi connectivity index (χ1v) is 31.6. The topological polar surface area (TPSA) is 149 Å². The molecule has 9 nitrogen and oxygen atoms in total. The van der Waals surface area contributed by atoms with Gasteiger partial charge in [0, 0.05) is 6.42 Å². The van der Waals surface area contributed by atoms with E-state index in [1.807, 2.05) is 6.08 Å². The van der Waals surface area contributed by atoms with Gasteiger partial charge < -0.3 is 40.3 Å². The molecule has 1 amide bonds. The summed E-state index contributed by atoms with van der Waals surface area (Å²) in [4.78, 5) is 13.1. The van der Waals surface area contributed by atoms with Crippen molar-refractivity contribution in [3.63, 3.8) is 0 Å². The summed E-state index contributed by atoms with van der Waals surface area (Å²) in [6, 6.07) is -0.804. The number of amides is 1. The van der Waals surface area contributed by atoms with Gasteiger partial charge in [-0.3, -0.25) is 4.79 Å². The van der Waals surface area contributed by atoms with Gasteiger partial charge in [-0.2, -0.15) is 0 Å². The Morgan fingerprint density at radius 1 is 0.458 bits per heavy atom. The third kappa shape index (κ3) is 41.9. The van der Waals surface area contributed by atoms with Gasteiger partial charge in [0.1, 0.15) is 24.4 Å². The van der Waals surface area contributed by atoms with Crippen LogP contribution in [-0.4, -0.2) is 87.5 Å². The number of unbranched alkanes of at least 4 members (excludes halogenated alkanes) is 43. The van der Waals surface area contributed by atoms with Crippen molar-refractivity contribution in [1.82, 2.24) is 5.32 Å². The van der Waals surface area contributed by atoms with Crippen molar-refractivity contribution < 1.29 is 39.8 Å². The first kappa shape index (κ1) is 68.7. The van der Waals surface area contributed by atoms with E-state index in [0.29, 0.717) is 6.42 Å². The molecule has 1 heterocycles. The Labute approximate surface area is 445 Å². The highest BCUT2D eigenvalue weighted by molar-refractivity contribution is 5.76. The average Bonchev–Trinajstić information content (AvgIpc) is 3.38. The number of hydrogen-bond donors (Lipinski definition) is 6. The van der Waals surface area contributed by atoms with Crippen LogP contribution in [0.4, 0.5) is 0 Å². The minimum atomic E-state index is -1.57. The van der Waals surface area contributed by atoms with Crippen LogP contribution >= 0.6 is 0 Å². The molecular formula is C63H121NO8. The molecule has 1 aliphatic heterocycles. The second-order valence-electron chi connectivity index (χ2n) is 22.2. The molecule has 0 aromatic heterocycles. The Morgan fingerprint density at radius 2 is 0.778 bits per heavy atom. The molecule has 0 aromatic rings. The van der Waals surface area contributed by atoms with Gasteiger partial charge in [0.25, 0.3) is 0 Å². The van der Waals surface area contributed by atoms with E-state index in [-0.39, 0.29) is 12.5 Å². The largest absolute Gasteiger partial charge is 0.394 e. The second-order valence-corrected chi connectivity index (χ2v) is 22.2. The maximum atomic E-state index is 13.1. The van der Waals surface area contributed by atoms with Crippen LogP contribution in [0, 0.1) is 0 Å². The number of carbonyl (C=O) groups excluding carboxylic acids is 1. The second kappa shape index (κ2) is 53.1.